The maximum atomic E-state index is 12.8. The summed E-state index contributed by atoms with van der Waals surface area (Å²) in [5.74, 6) is 0.751. The van der Waals surface area contributed by atoms with E-state index >= 15 is 0 Å². The van der Waals surface area contributed by atoms with Gasteiger partial charge in [0.2, 0.25) is 11.5 Å². The summed E-state index contributed by atoms with van der Waals surface area (Å²) in [6, 6.07) is 5.31. The number of hydrogen-bond donors (Lipinski definition) is 0. The van der Waals surface area contributed by atoms with Crippen molar-refractivity contribution in [1.82, 2.24) is 19.5 Å². The minimum absolute atomic E-state index is 0.328. The van der Waals surface area contributed by atoms with Gasteiger partial charge in [-0.2, -0.15) is 9.71 Å². The Kier molecular flexibility index (Phi) is 3.44. The van der Waals surface area contributed by atoms with E-state index in [9.17, 15) is 5.21 Å². The van der Waals surface area contributed by atoms with Gasteiger partial charge in [-0.3, -0.25) is 4.40 Å². The third kappa shape index (κ3) is 2.26. The van der Waals surface area contributed by atoms with E-state index in [-0.39, 0.29) is 0 Å². The van der Waals surface area contributed by atoms with E-state index in [1.54, 1.807) is 25.4 Å². The van der Waals surface area contributed by atoms with Crippen LogP contribution < -0.4 is 4.73 Å². The van der Waals surface area contributed by atoms with Crippen LogP contribution in [-0.4, -0.2) is 26.1 Å². The van der Waals surface area contributed by atoms with Crippen LogP contribution in [0.4, 0.5) is 0 Å². The first-order valence-electron chi connectivity index (χ1n) is 8.65. The Labute approximate surface area is 158 Å². The molecule has 8 nitrogen and oxygen atoms in total. The van der Waals surface area contributed by atoms with Crippen molar-refractivity contribution < 1.29 is 14.0 Å². The molecule has 0 bridgehead atoms. The molecule has 0 saturated carbocycles. The molecule has 1 fully saturated rings. The fourth-order valence-electron chi connectivity index (χ4n) is 3.69. The number of aryl methyl sites for hydroxylation is 1. The van der Waals surface area contributed by atoms with E-state index in [0.29, 0.717) is 51.3 Å². The molecule has 138 valence electrons. The first-order chi connectivity index (χ1) is 13.0. The van der Waals surface area contributed by atoms with Crippen molar-refractivity contribution in [2.45, 2.75) is 32.3 Å². The second-order valence-electron chi connectivity index (χ2n) is 6.91. The lowest BCUT2D eigenvalue weighted by Crippen LogP contribution is -2.32. The predicted molar refractivity (Wildman–Crippen MR) is 97.2 cm³/mol. The minimum atomic E-state index is -0.575. The maximum Gasteiger partial charge on any atom is 0.259 e. The zero-order valence-electron chi connectivity index (χ0n) is 14.8. The first-order valence-corrected chi connectivity index (χ1v) is 9.03. The van der Waals surface area contributed by atoms with Gasteiger partial charge in [0.25, 0.3) is 11.4 Å². The molecule has 1 aromatic carbocycles. The normalized spacial score (nSPS) is 20.1. The van der Waals surface area contributed by atoms with Crippen molar-refractivity contribution in [2.75, 3.05) is 6.61 Å². The van der Waals surface area contributed by atoms with E-state index in [1.807, 2.05) is 17.4 Å². The molecule has 5 rings (SSSR count). The van der Waals surface area contributed by atoms with Crippen LogP contribution in [0, 0.1) is 12.1 Å². The van der Waals surface area contributed by atoms with Crippen molar-refractivity contribution in [1.29, 1.82) is 0 Å². The van der Waals surface area contributed by atoms with E-state index in [2.05, 4.69) is 15.1 Å². The molecule has 0 aliphatic carbocycles. The zero-order valence-corrected chi connectivity index (χ0v) is 15.5. The monoisotopic (exact) mass is 385 g/mol. The summed E-state index contributed by atoms with van der Waals surface area (Å²) in [5, 5.41) is 17.3. The van der Waals surface area contributed by atoms with Crippen LogP contribution in [-0.2, 0) is 10.3 Å². The quantitative estimate of drug-likeness (QED) is 0.388. The second-order valence-corrected chi connectivity index (χ2v) is 7.31. The molecule has 0 spiro atoms. The van der Waals surface area contributed by atoms with Gasteiger partial charge in [-0.25, -0.2) is 4.98 Å². The molecule has 0 N–H and O–H groups in total. The van der Waals surface area contributed by atoms with Crippen LogP contribution in [0.25, 0.3) is 28.1 Å². The van der Waals surface area contributed by atoms with Crippen molar-refractivity contribution in [2.24, 2.45) is 0 Å². The number of benzene rings is 1. The summed E-state index contributed by atoms with van der Waals surface area (Å²) < 4.78 is 13.9. The zero-order chi connectivity index (χ0) is 18.8. The topological polar surface area (TPSA) is 92.4 Å². The molecule has 9 heteroatoms. The lowest BCUT2D eigenvalue weighted by molar-refractivity contribution is -0.583. The number of nitrogens with zero attached hydrogens (tertiary/aromatic N) is 5. The molecule has 1 unspecified atom stereocenters. The van der Waals surface area contributed by atoms with Gasteiger partial charge in [-0.05, 0) is 31.9 Å². The van der Waals surface area contributed by atoms with E-state index in [1.165, 1.54) is 0 Å². The van der Waals surface area contributed by atoms with Gasteiger partial charge in [0.15, 0.2) is 0 Å². The van der Waals surface area contributed by atoms with Gasteiger partial charge >= 0.3 is 0 Å². The van der Waals surface area contributed by atoms with Crippen molar-refractivity contribution in [3.63, 3.8) is 0 Å². The Morgan fingerprint density at radius 1 is 1.37 bits per heavy atom. The Hall–Kier alpha value is -2.71. The second kappa shape index (κ2) is 5.64. The Bertz CT molecular complexity index is 1190. The summed E-state index contributed by atoms with van der Waals surface area (Å²) in [6.07, 6.45) is 3.41. The van der Waals surface area contributed by atoms with E-state index < -0.39 is 5.60 Å². The van der Waals surface area contributed by atoms with Crippen LogP contribution in [0.5, 0.6) is 0 Å². The molecule has 4 aromatic rings. The summed E-state index contributed by atoms with van der Waals surface area (Å²) >= 11 is 6.24. The van der Waals surface area contributed by atoms with E-state index in [4.69, 9.17) is 20.9 Å². The number of hydrogen-bond acceptors (Lipinski definition) is 6. The van der Waals surface area contributed by atoms with Crippen LogP contribution in [0.15, 0.2) is 29.0 Å². The summed E-state index contributed by atoms with van der Waals surface area (Å²) in [6.45, 7) is 4.33. The molecule has 0 amide bonds. The lowest BCUT2D eigenvalue weighted by Gasteiger charge is -2.16. The van der Waals surface area contributed by atoms with Crippen LogP contribution in [0.3, 0.4) is 0 Å². The highest BCUT2D eigenvalue weighted by molar-refractivity contribution is 6.34. The number of aromatic nitrogens is 5. The van der Waals surface area contributed by atoms with Crippen molar-refractivity contribution >= 4 is 28.2 Å². The van der Waals surface area contributed by atoms with Crippen LogP contribution in [0.1, 0.15) is 31.4 Å². The average Bonchev–Trinajstić information content (AvgIpc) is 3.38. The van der Waals surface area contributed by atoms with Gasteiger partial charge < -0.3 is 14.5 Å². The SMILES string of the molecule is Cc1c2c(-c3noc(C4(C)CCCO4)n3)ncn2c2cccc(Cl)c2[n+]1[O-]. The Balaban J connectivity index is 1.74. The number of para-hydroxylation sites is 1. The van der Waals surface area contributed by atoms with Crippen LogP contribution >= 0.6 is 11.6 Å². The van der Waals surface area contributed by atoms with Gasteiger partial charge in [0.1, 0.15) is 33.7 Å². The molecule has 27 heavy (non-hydrogen) atoms. The maximum absolute atomic E-state index is 12.8. The third-order valence-electron chi connectivity index (χ3n) is 5.15. The fourth-order valence-corrected chi connectivity index (χ4v) is 3.93. The number of fused-ring (bicyclic) bond motifs is 3. The predicted octanol–water partition coefficient (Wildman–Crippen LogP) is 3.16. The van der Waals surface area contributed by atoms with Gasteiger partial charge in [-0.1, -0.05) is 22.8 Å². The molecular weight excluding hydrogens is 370 g/mol. The molecule has 3 aromatic heterocycles. The average molecular weight is 386 g/mol. The largest absolute Gasteiger partial charge is 0.618 e. The summed E-state index contributed by atoms with van der Waals surface area (Å²) in [4.78, 5) is 8.96. The Morgan fingerprint density at radius 3 is 3.00 bits per heavy atom. The number of imidazole rings is 1. The molecule has 4 heterocycles. The fraction of sp³-hybridized carbons (Fsp3) is 0.333. The van der Waals surface area contributed by atoms with Crippen molar-refractivity contribution in [3.05, 3.63) is 46.3 Å². The standard InChI is InChI=1S/C18H16ClN5O3/c1-10-14-13(16-21-17(27-22-16)18(2)7-4-8-26-18)20-9-23(14)12-6-3-5-11(19)15(12)24(10)25/h3,5-6,9H,4,7-8H2,1-2H3. The lowest BCUT2D eigenvalue weighted by atomic mass is 10.0. The molecule has 1 aliphatic heterocycles. The van der Waals surface area contributed by atoms with Gasteiger partial charge in [0, 0.05) is 13.5 Å². The highest BCUT2D eigenvalue weighted by atomic mass is 35.5. The first kappa shape index (κ1) is 16.5. The van der Waals surface area contributed by atoms with Crippen molar-refractivity contribution in [3.8, 4) is 11.5 Å². The minimum Gasteiger partial charge on any atom is -0.618 e. The number of rotatable bonds is 2. The molecule has 1 aliphatic rings. The smallest absolute Gasteiger partial charge is 0.259 e. The molecular formula is C18H16ClN5O3. The number of ether oxygens (including phenoxy) is 1. The highest BCUT2D eigenvalue weighted by Gasteiger charge is 2.38. The molecule has 1 atom stereocenters. The highest BCUT2D eigenvalue weighted by Crippen LogP contribution is 2.36. The van der Waals surface area contributed by atoms with Crippen LogP contribution in [0.2, 0.25) is 5.02 Å². The summed E-state index contributed by atoms with van der Waals surface area (Å²) in [5.41, 5.74) is 2.03. The van der Waals surface area contributed by atoms with Gasteiger partial charge in [-0.15, -0.1) is 0 Å². The van der Waals surface area contributed by atoms with E-state index in [0.717, 1.165) is 17.6 Å². The van der Waals surface area contributed by atoms with Gasteiger partial charge in [0.05, 0.1) is 0 Å². The molecule has 0 radical (unpaired) electrons. The summed E-state index contributed by atoms with van der Waals surface area (Å²) in [7, 11) is 0. The Morgan fingerprint density at radius 2 is 2.22 bits per heavy atom. The molecule has 1 saturated heterocycles. The number of halogens is 1. The third-order valence-corrected chi connectivity index (χ3v) is 5.46.